The molecule has 0 saturated heterocycles. The first-order valence-corrected chi connectivity index (χ1v) is 5.24. The van der Waals surface area contributed by atoms with Gasteiger partial charge in [-0.3, -0.25) is 0 Å². The number of nitrogens with zero attached hydrogens (tertiary/aromatic N) is 1. The van der Waals surface area contributed by atoms with Gasteiger partial charge in [0.2, 0.25) is 0 Å². The van der Waals surface area contributed by atoms with Gasteiger partial charge in [-0.1, -0.05) is 12.2 Å². The second-order valence-electron chi connectivity index (χ2n) is 4.16. The summed E-state index contributed by atoms with van der Waals surface area (Å²) in [6.45, 7) is 1.95. The van der Waals surface area contributed by atoms with E-state index in [0.717, 1.165) is 30.4 Å². The molecule has 1 aromatic rings. The molecule has 0 amide bonds. The lowest BCUT2D eigenvalue weighted by atomic mass is 9.84. The van der Waals surface area contributed by atoms with Gasteiger partial charge < -0.3 is 10.8 Å². The van der Waals surface area contributed by atoms with E-state index in [-0.39, 0.29) is 0 Å². The molecule has 1 aliphatic carbocycles. The maximum Gasteiger partial charge on any atom is 0.129 e. The molecule has 0 aliphatic heterocycles. The summed E-state index contributed by atoms with van der Waals surface area (Å²) in [6.07, 6.45) is 8.30. The van der Waals surface area contributed by atoms with E-state index in [1.54, 1.807) is 6.20 Å². The Morgan fingerprint density at radius 1 is 1.53 bits per heavy atom. The summed E-state index contributed by atoms with van der Waals surface area (Å²) in [7, 11) is 0. The predicted octanol–water partition coefficient (Wildman–Crippen LogP) is 1.90. The van der Waals surface area contributed by atoms with Crippen LogP contribution in [0.15, 0.2) is 24.4 Å². The highest BCUT2D eigenvalue weighted by atomic mass is 16.3. The van der Waals surface area contributed by atoms with Gasteiger partial charge in [-0.25, -0.2) is 4.98 Å². The van der Waals surface area contributed by atoms with E-state index in [2.05, 4.69) is 4.98 Å². The van der Waals surface area contributed by atoms with Gasteiger partial charge in [0.15, 0.2) is 0 Å². The van der Waals surface area contributed by atoms with Gasteiger partial charge in [-0.2, -0.15) is 0 Å². The zero-order valence-electron chi connectivity index (χ0n) is 8.90. The lowest BCUT2D eigenvalue weighted by Gasteiger charge is -2.28. The number of pyridine rings is 1. The Bertz CT molecular complexity index is 401. The number of aromatic nitrogens is 1. The van der Waals surface area contributed by atoms with Crippen LogP contribution >= 0.6 is 0 Å². The minimum Gasteiger partial charge on any atom is -0.383 e. The maximum atomic E-state index is 10.4. The summed E-state index contributed by atoms with van der Waals surface area (Å²) in [5.41, 5.74) is 6.64. The number of hydrogen-bond acceptors (Lipinski definition) is 3. The normalized spacial score (nSPS) is 25.5. The van der Waals surface area contributed by atoms with Crippen LogP contribution in [-0.2, 0) is 5.60 Å². The number of hydrogen-bond donors (Lipinski definition) is 2. The summed E-state index contributed by atoms with van der Waals surface area (Å²) < 4.78 is 0. The number of nitrogens with two attached hydrogens (primary N) is 1. The van der Waals surface area contributed by atoms with E-state index < -0.39 is 5.60 Å². The van der Waals surface area contributed by atoms with Crippen molar-refractivity contribution in [1.82, 2.24) is 4.98 Å². The van der Waals surface area contributed by atoms with Crippen molar-refractivity contribution in [2.24, 2.45) is 0 Å². The number of nitrogen functional groups attached to an aromatic ring is 1. The molecule has 1 atom stereocenters. The van der Waals surface area contributed by atoms with Crippen molar-refractivity contribution in [2.45, 2.75) is 31.8 Å². The third kappa shape index (κ3) is 1.88. The molecule has 0 aromatic carbocycles. The summed E-state index contributed by atoms with van der Waals surface area (Å²) in [5, 5.41) is 10.4. The number of allylic oxidation sites excluding steroid dienone is 1. The van der Waals surface area contributed by atoms with Crippen molar-refractivity contribution < 1.29 is 5.11 Å². The molecule has 3 nitrogen and oxygen atoms in total. The van der Waals surface area contributed by atoms with Crippen LogP contribution in [0.25, 0.3) is 0 Å². The molecule has 1 heterocycles. The monoisotopic (exact) mass is 204 g/mol. The molecule has 3 N–H and O–H groups in total. The first-order chi connectivity index (χ1) is 7.12. The Labute approximate surface area is 89.6 Å². The highest BCUT2D eigenvalue weighted by molar-refractivity contribution is 5.47. The van der Waals surface area contributed by atoms with Crippen molar-refractivity contribution in [2.75, 3.05) is 5.73 Å². The molecular weight excluding hydrogens is 188 g/mol. The topological polar surface area (TPSA) is 59.1 Å². The van der Waals surface area contributed by atoms with Gasteiger partial charge in [0.25, 0.3) is 0 Å². The lowest BCUT2D eigenvalue weighted by Crippen LogP contribution is -2.26. The molecule has 1 aliphatic rings. The standard InChI is InChI=1S/C12H16N2O/c1-9-7-10(11(13)14-8-9)12(15)5-3-2-4-6-12/h3,5,7-8,15H,2,4,6H2,1H3,(H2,13,14). The Hall–Kier alpha value is -1.35. The Kier molecular flexibility index (Phi) is 2.49. The van der Waals surface area contributed by atoms with Gasteiger partial charge in [0.05, 0.1) is 0 Å². The highest BCUT2D eigenvalue weighted by Gasteiger charge is 2.30. The van der Waals surface area contributed by atoms with E-state index in [9.17, 15) is 5.11 Å². The minimum atomic E-state index is -0.915. The van der Waals surface area contributed by atoms with Crippen LogP contribution in [0.3, 0.4) is 0 Å². The van der Waals surface area contributed by atoms with Crippen LogP contribution in [0.5, 0.6) is 0 Å². The fourth-order valence-corrected chi connectivity index (χ4v) is 2.00. The van der Waals surface area contributed by atoms with E-state index in [1.807, 2.05) is 25.1 Å². The Morgan fingerprint density at radius 2 is 2.33 bits per heavy atom. The van der Waals surface area contributed by atoms with E-state index in [1.165, 1.54) is 0 Å². The fourth-order valence-electron chi connectivity index (χ4n) is 2.00. The van der Waals surface area contributed by atoms with Gasteiger partial charge in [0, 0.05) is 11.8 Å². The van der Waals surface area contributed by atoms with Gasteiger partial charge >= 0.3 is 0 Å². The van der Waals surface area contributed by atoms with Crippen LogP contribution in [0, 0.1) is 6.92 Å². The van der Waals surface area contributed by atoms with Crippen molar-refractivity contribution in [3.05, 3.63) is 35.5 Å². The maximum absolute atomic E-state index is 10.4. The minimum absolute atomic E-state index is 0.426. The van der Waals surface area contributed by atoms with Crippen molar-refractivity contribution in [3.63, 3.8) is 0 Å². The van der Waals surface area contributed by atoms with E-state index in [4.69, 9.17) is 5.73 Å². The smallest absolute Gasteiger partial charge is 0.129 e. The van der Waals surface area contributed by atoms with Crippen LogP contribution in [0.4, 0.5) is 5.82 Å². The second kappa shape index (κ2) is 3.66. The number of aliphatic hydroxyl groups is 1. The zero-order valence-corrected chi connectivity index (χ0v) is 8.90. The molecule has 0 saturated carbocycles. The quantitative estimate of drug-likeness (QED) is 0.687. The second-order valence-corrected chi connectivity index (χ2v) is 4.16. The van der Waals surface area contributed by atoms with Crippen molar-refractivity contribution in [1.29, 1.82) is 0 Å². The molecule has 1 aromatic heterocycles. The fraction of sp³-hybridized carbons (Fsp3) is 0.417. The molecule has 2 rings (SSSR count). The van der Waals surface area contributed by atoms with Crippen LogP contribution in [0.2, 0.25) is 0 Å². The summed E-state index contributed by atoms with van der Waals surface area (Å²) in [6, 6.07) is 1.91. The molecule has 80 valence electrons. The summed E-state index contributed by atoms with van der Waals surface area (Å²) in [4.78, 5) is 4.08. The molecular formula is C12H16N2O. The molecule has 0 radical (unpaired) electrons. The van der Waals surface area contributed by atoms with Crippen molar-refractivity contribution in [3.8, 4) is 0 Å². The predicted molar refractivity (Wildman–Crippen MR) is 60.3 cm³/mol. The SMILES string of the molecule is Cc1cnc(N)c(C2(O)C=CCCC2)c1. The first kappa shape index (κ1) is 10.2. The molecule has 0 fully saturated rings. The summed E-state index contributed by atoms with van der Waals surface area (Å²) in [5.74, 6) is 0.426. The number of rotatable bonds is 1. The van der Waals surface area contributed by atoms with E-state index >= 15 is 0 Å². The van der Waals surface area contributed by atoms with Crippen LogP contribution < -0.4 is 5.73 Å². The Balaban J connectivity index is 2.47. The lowest BCUT2D eigenvalue weighted by molar-refractivity contribution is 0.0730. The highest BCUT2D eigenvalue weighted by Crippen LogP contribution is 2.34. The van der Waals surface area contributed by atoms with Gasteiger partial charge in [-0.15, -0.1) is 0 Å². The Morgan fingerprint density at radius 3 is 3.00 bits per heavy atom. The summed E-state index contributed by atoms with van der Waals surface area (Å²) >= 11 is 0. The van der Waals surface area contributed by atoms with E-state index in [0.29, 0.717) is 5.82 Å². The van der Waals surface area contributed by atoms with Crippen molar-refractivity contribution >= 4 is 5.82 Å². The number of anilines is 1. The third-order valence-electron chi connectivity index (χ3n) is 2.84. The zero-order chi connectivity index (χ0) is 10.9. The van der Waals surface area contributed by atoms with Gasteiger partial charge in [0.1, 0.15) is 11.4 Å². The molecule has 1 unspecified atom stereocenters. The average Bonchev–Trinajstić information content (AvgIpc) is 2.23. The van der Waals surface area contributed by atoms with Crippen LogP contribution in [0.1, 0.15) is 30.4 Å². The molecule has 0 bridgehead atoms. The molecule has 0 spiro atoms. The molecule has 3 heteroatoms. The van der Waals surface area contributed by atoms with Crippen LogP contribution in [-0.4, -0.2) is 10.1 Å². The first-order valence-electron chi connectivity index (χ1n) is 5.24. The largest absolute Gasteiger partial charge is 0.383 e. The van der Waals surface area contributed by atoms with Gasteiger partial charge in [-0.05, 0) is 37.8 Å². The molecule has 15 heavy (non-hydrogen) atoms. The number of aryl methyl sites for hydroxylation is 1. The average molecular weight is 204 g/mol. The third-order valence-corrected chi connectivity index (χ3v) is 2.84.